The molecule has 5 nitrogen and oxygen atoms in total. The van der Waals surface area contributed by atoms with Gasteiger partial charge in [-0.15, -0.1) is 0 Å². The van der Waals surface area contributed by atoms with Crippen molar-refractivity contribution in [3.8, 4) is 0 Å². The molecule has 11 heteroatoms. The summed E-state index contributed by atoms with van der Waals surface area (Å²) in [5.41, 5.74) is 0. The summed E-state index contributed by atoms with van der Waals surface area (Å²) in [5.74, 6) is 0. The van der Waals surface area contributed by atoms with E-state index in [4.69, 9.17) is 4.89 Å². The van der Waals surface area contributed by atoms with Gasteiger partial charge in [0.1, 0.15) is 0 Å². The number of hydrogen-bond acceptors (Lipinski definition) is 5. The molecule has 0 bridgehead atoms. The molecule has 0 fully saturated rings. The first-order valence-electron chi connectivity index (χ1n) is 4.11. The predicted octanol–water partition coefficient (Wildman–Crippen LogP) is 1.80. The van der Waals surface area contributed by atoms with Crippen LogP contribution in [0.1, 0.15) is 19.8 Å². The van der Waals surface area contributed by atoms with Gasteiger partial charge in [-0.2, -0.15) is 9.90 Å². The molecule has 16 heavy (non-hydrogen) atoms. The molecule has 1 unspecified atom stereocenters. The van der Waals surface area contributed by atoms with Crippen molar-refractivity contribution in [1.29, 1.82) is 0 Å². The maximum absolute atomic E-state index is 4.75. The van der Waals surface area contributed by atoms with Crippen molar-refractivity contribution < 1.29 is 23.7 Å². The second-order valence-corrected chi connectivity index (χ2v) is 3.88. The van der Waals surface area contributed by atoms with Crippen LogP contribution in [0.15, 0.2) is 0 Å². The van der Waals surface area contributed by atoms with Crippen LogP contribution in [0.3, 0.4) is 0 Å². The van der Waals surface area contributed by atoms with E-state index in [2.05, 4.69) is 25.7 Å². The Morgan fingerprint density at radius 3 is 2.44 bits per heavy atom. The molecule has 0 spiro atoms. The summed E-state index contributed by atoms with van der Waals surface area (Å²) in [7, 11) is 5.31. The summed E-state index contributed by atoms with van der Waals surface area (Å²) in [6.07, 6.45) is 2.04. The van der Waals surface area contributed by atoms with E-state index in [1.807, 2.05) is 0 Å². The minimum Gasteiger partial charge on any atom is -0.153 e. The van der Waals surface area contributed by atoms with Crippen LogP contribution >= 0.6 is 26.1 Å². The number of rotatable bonds is 9. The monoisotopic (exact) mass is 281 g/mol. The largest absolute Gasteiger partial charge is 0.153 e. The Labute approximate surface area is 106 Å². The Morgan fingerprint density at radius 1 is 1.12 bits per heavy atom. The Hall–Kier alpha value is 0.705. The van der Waals surface area contributed by atoms with E-state index < -0.39 is 0 Å². The van der Waals surface area contributed by atoms with Crippen LogP contribution in [0.4, 0.5) is 0 Å². The van der Waals surface area contributed by atoms with Crippen molar-refractivity contribution in [2.75, 3.05) is 13.7 Å². The standard InChI is InChI=1S/C5H12B2O5P2.B.H3P/c1-3-4-5-9-10-6-7-11-12-14-13-8-2;;/h3-5H2,1-2H3;;1H3. The summed E-state index contributed by atoms with van der Waals surface area (Å²) in [4.78, 5) is 13.9. The van der Waals surface area contributed by atoms with Gasteiger partial charge in [0.25, 0.3) is 0 Å². The minimum atomic E-state index is 0. The van der Waals surface area contributed by atoms with Crippen LogP contribution < -0.4 is 0 Å². The first-order valence-corrected chi connectivity index (χ1v) is 6.44. The topological polar surface area (TPSA) is 46.2 Å². The second kappa shape index (κ2) is 21.0. The van der Waals surface area contributed by atoms with Gasteiger partial charge in [-0.25, -0.2) is 0 Å². The van der Waals surface area contributed by atoms with Gasteiger partial charge in [0.2, 0.25) is 0 Å². The maximum Gasteiger partial charge on any atom is 0 e. The van der Waals surface area contributed by atoms with Crippen molar-refractivity contribution in [3.05, 3.63) is 0 Å². The average molecular weight is 281 g/mol. The number of unbranched alkanes of at least 4 members (excludes halogenated alkanes) is 1. The molecule has 0 amide bonds. The molecule has 0 aliphatic carbocycles. The van der Waals surface area contributed by atoms with Crippen molar-refractivity contribution in [2.24, 2.45) is 0 Å². The SMILES string of the molecule is CCCCOOB=BOOP=POC.P.[B]. The van der Waals surface area contributed by atoms with E-state index in [-0.39, 0.29) is 18.3 Å². The summed E-state index contributed by atoms with van der Waals surface area (Å²) >= 11 is 0. The fourth-order valence-electron chi connectivity index (χ4n) is 0.427. The summed E-state index contributed by atoms with van der Waals surface area (Å²) in [6.45, 7) is 2.65. The zero-order valence-corrected chi connectivity index (χ0v) is 12.7. The first kappa shape index (κ1) is 21.9. The van der Waals surface area contributed by atoms with Gasteiger partial charge in [-0.3, -0.25) is 0 Å². The van der Waals surface area contributed by atoms with E-state index in [0.717, 1.165) is 12.8 Å². The molecule has 0 rings (SSSR count). The van der Waals surface area contributed by atoms with E-state index in [9.17, 15) is 0 Å². The third-order valence-electron chi connectivity index (χ3n) is 1.01. The van der Waals surface area contributed by atoms with Crippen molar-refractivity contribution >= 4 is 48.5 Å². The van der Waals surface area contributed by atoms with Crippen LogP contribution in [0.2, 0.25) is 0 Å². The zero-order valence-electron chi connectivity index (χ0n) is 9.50. The van der Waals surface area contributed by atoms with Gasteiger partial charge in [0, 0.05) is 8.41 Å². The van der Waals surface area contributed by atoms with Crippen LogP contribution in [-0.2, 0) is 23.7 Å². The summed E-state index contributed by atoms with van der Waals surface area (Å²) in [6, 6.07) is 0. The third kappa shape index (κ3) is 20.2. The molecular weight excluding hydrogens is 265 g/mol. The fourth-order valence-corrected chi connectivity index (χ4v) is 1.01. The van der Waals surface area contributed by atoms with Crippen LogP contribution in [0.25, 0.3) is 0 Å². The molecule has 89 valence electrons. The van der Waals surface area contributed by atoms with Gasteiger partial charge in [0.05, 0.1) is 0 Å². The fraction of sp³-hybridized carbons (Fsp3) is 1.00. The van der Waals surface area contributed by atoms with Crippen molar-refractivity contribution in [2.45, 2.75) is 19.8 Å². The Balaban J connectivity index is -0.000000845. The molecule has 0 saturated carbocycles. The maximum atomic E-state index is 4.75. The van der Waals surface area contributed by atoms with Crippen LogP contribution in [0.5, 0.6) is 0 Å². The quantitative estimate of drug-likeness (QED) is 0.212. The predicted molar refractivity (Wildman–Crippen MR) is 73.3 cm³/mol. The van der Waals surface area contributed by atoms with Crippen molar-refractivity contribution in [3.63, 3.8) is 0 Å². The molecule has 0 aliphatic heterocycles. The number of hydrogen-bond donors (Lipinski definition) is 0. The molecule has 0 aromatic rings. The average Bonchev–Trinajstić information content (AvgIpc) is 2.21. The smallest absolute Gasteiger partial charge is 0 e. The molecular formula is C5H15B3O5P3. The molecule has 1 atom stereocenters. The Kier molecular flexibility index (Phi) is 28.8. The molecule has 3 radical (unpaired) electrons. The van der Waals surface area contributed by atoms with E-state index in [0.29, 0.717) is 22.8 Å². The summed E-state index contributed by atoms with van der Waals surface area (Å²) in [5, 5.41) is 0. The van der Waals surface area contributed by atoms with E-state index >= 15 is 0 Å². The van der Waals surface area contributed by atoms with Gasteiger partial charge in [-0.1, -0.05) is 0 Å². The molecule has 0 N–H and O–H groups in total. The first-order chi connectivity index (χ1) is 6.91. The second-order valence-electron chi connectivity index (χ2n) is 2.06. The van der Waals surface area contributed by atoms with Crippen LogP contribution in [-0.4, -0.2) is 36.1 Å². The van der Waals surface area contributed by atoms with Gasteiger partial charge < -0.3 is 0 Å². The molecule has 0 aliphatic rings. The van der Waals surface area contributed by atoms with E-state index in [1.165, 1.54) is 14.0 Å². The normalized spacial score (nSPS) is 8.88. The van der Waals surface area contributed by atoms with Gasteiger partial charge in [-0.05, 0) is 0 Å². The van der Waals surface area contributed by atoms with Gasteiger partial charge >= 0.3 is 87.4 Å². The Bertz CT molecular complexity index is 173. The summed E-state index contributed by atoms with van der Waals surface area (Å²) < 4.78 is 9.30. The molecule has 0 saturated heterocycles. The van der Waals surface area contributed by atoms with E-state index in [1.54, 1.807) is 7.11 Å². The third-order valence-corrected chi connectivity index (χ3v) is 2.28. The molecule has 0 heterocycles. The zero-order chi connectivity index (χ0) is 10.5. The van der Waals surface area contributed by atoms with Gasteiger partial charge in [0.15, 0.2) is 0 Å². The minimum absolute atomic E-state index is 0. The van der Waals surface area contributed by atoms with Crippen LogP contribution in [0, 0.1) is 0 Å². The van der Waals surface area contributed by atoms with Crippen molar-refractivity contribution in [1.82, 2.24) is 0 Å². The molecule has 0 aromatic carbocycles. The molecule has 0 aromatic heterocycles. The Morgan fingerprint density at radius 2 is 1.81 bits per heavy atom.